The van der Waals surface area contributed by atoms with Gasteiger partial charge < -0.3 is 23.9 Å². The molecule has 0 saturated heterocycles. The van der Waals surface area contributed by atoms with Crippen LogP contribution in [-0.2, 0) is 37.5 Å². The van der Waals surface area contributed by atoms with E-state index in [4.69, 9.17) is 9.47 Å². The first kappa shape index (κ1) is 26.2. The second kappa shape index (κ2) is 11.1. The Balaban J connectivity index is 0.000000937. The minimum Gasteiger partial charge on any atom is -0.497 e. The molecule has 3 aromatic carbocycles. The summed E-state index contributed by atoms with van der Waals surface area (Å²) in [4.78, 5) is 2.46. The van der Waals surface area contributed by atoms with Crippen molar-refractivity contribution in [2.75, 3.05) is 27.9 Å². The third-order valence-electron chi connectivity index (χ3n) is 7.30. The van der Waals surface area contributed by atoms with E-state index in [9.17, 15) is 13.9 Å². The molecule has 1 atom stereocenters. The van der Waals surface area contributed by atoms with Crippen molar-refractivity contribution in [3.63, 3.8) is 0 Å². The fraction of sp³-hybridized carbons (Fsp3) is 0.333. The molecule has 0 fully saturated rings. The molecule has 0 radical (unpaired) electrons. The highest BCUT2D eigenvalue weighted by Gasteiger charge is 2.35. The van der Waals surface area contributed by atoms with Crippen LogP contribution in [0.1, 0.15) is 34.0 Å². The first-order chi connectivity index (χ1) is 18.4. The van der Waals surface area contributed by atoms with Crippen molar-refractivity contribution in [1.82, 2.24) is 9.47 Å². The molecule has 8 heteroatoms. The summed E-state index contributed by atoms with van der Waals surface area (Å²) in [5, 5.41) is 11.2. The van der Waals surface area contributed by atoms with Gasteiger partial charge in [-0.05, 0) is 77.6 Å². The van der Waals surface area contributed by atoms with Gasteiger partial charge in [-0.2, -0.15) is 0 Å². The van der Waals surface area contributed by atoms with Crippen LogP contribution in [0.3, 0.4) is 0 Å². The Morgan fingerprint density at radius 2 is 1.68 bits per heavy atom. The fourth-order valence-corrected chi connectivity index (χ4v) is 5.65. The number of aromatic nitrogens is 1. The van der Waals surface area contributed by atoms with Crippen LogP contribution in [0.4, 0.5) is 8.78 Å². The number of benzene rings is 3. The Bertz CT molecular complexity index is 1430. The maximum atomic E-state index is 13.5. The first-order valence-corrected chi connectivity index (χ1v) is 12.6. The van der Waals surface area contributed by atoms with Gasteiger partial charge >= 0.3 is 0 Å². The first-order valence-electron chi connectivity index (χ1n) is 12.6. The molecule has 1 unspecified atom stereocenters. The van der Waals surface area contributed by atoms with Gasteiger partial charge in [0, 0.05) is 50.5 Å². The topological polar surface area (TPSA) is 56.1 Å². The SMILES string of the molecule is COC.COc1ccc2c(c1)c1c(n2CO)CN2CCc3ccc(OCc4cc(F)cc(F)c4)cc3C2C1. The van der Waals surface area contributed by atoms with Gasteiger partial charge in [0.15, 0.2) is 0 Å². The number of hydrogen-bond donors (Lipinski definition) is 1. The lowest BCUT2D eigenvalue weighted by atomic mass is 9.85. The molecule has 0 saturated carbocycles. The molecule has 6 nitrogen and oxygen atoms in total. The van der Waals surface area contributed by atoms with Crippen LogP contribution in [0.15, 0.2) is 54.6 Å². The molecule has 1 N–H and O–H groups in total. The highest BCUT2D eigenvalue weighted by atomic mass is 19.1. The normalized spacial score (nSPS) is 16.2. The van der Waals surface area contributed by atoms with Crippen LogP contribution in [0.2, 0.25) is 0 Å². The van der Waals surface area contributed by atoms with Gasteiger partial charge in [-0.1, -0.05) is 6.07 Å². The lowest BCUT2D eigenvalue weighted by molar-refractivity contribution is 0.145. The number of fused-ring (bicyclic) bond motifs is 6. The molecule has 0 amide bonds. The molecule has 0 spiro atoms. The third kappa shape index (κ3) is 4.99. The van der Waals surface area contributed by atoms with Gasteiger partial charge in [0.1, 0.15) is 36.5 Å². The minimum absolute atomic E-state index is 0.0636. The molecule has 3 heterocycles. The Morgan fingerprint density at radius 3 is 2.39 bits per heavy atom. The van der Waals surface area contributed by atoms with Crippen LogP contribution >= 0.6 is 0 Å². The molecule has 200 valence electrons. The maximum absolute atomic E-state index is 13.5. The van der Waals surface area contributed by atoms with Crippen molar-refractivity contribution in [3.8, 4) is 11.5 Å². The molecule has 1 aromatic heterocycles. The van der Waals surface area contributed by atoms with E-state index in [-0.39, 0.29) is 19.4 Å². The zero-order valence-electron chi connectivity index (χ0n) is 21.8. The van der Waals surface area contributed by atoms with E-state index in [0.717, 1.165) is 54.3 Å². The third-order valence-corrected chi connectivity index (χ3v) is 7.30. The highest BCUT2D eigenvalue weighted by Crippen LogP contribution is 2.43. The summed E-state index contributed by atoms with van der Waals surface area (Å²) < 4.78 is 44.7. The predicted molar refractivity (Wildman–Crippen MR) is 141 cm³/mol. The number of rotatable bonds is 5. The summed E-state index contributed by atoms with van der Waals surface area (Å²) in [5.74, 6) is 0.259. The molecule has 4 aromatic rings. The van der Waals surface area contributed by atoms with Gasteiger partial charge in [0.2, 0.25) is 0 Å². The summed E-state index contributed by atoms with van der Waals surface area (Å²) in [6.45, 7) is 1.72. The largest absolute Gasteiger partial charge is 0.497 e. The van der Waals surface area contributed by atoms with Crippen molar-refractivity contribution < 1.29 is 28.1 Å². The van der Waals surface area contributed by atoms with E-state index in [1.165, 1.54) is 28.8 Å². The van der Waals surface area contributed by atoms with Gasteiger partial charge in [-0.3, -0.25) is 4.90 Å². The molecule has 2 aliphatic rings. The number of aliphatic hydroxyl groups is 1. The summed E-state index contributed by atoms with van der Waals surface area (Å²) in [7, 11) is 4.91. The number of aliphatic hydroxyl groups excluding tert-OH is 1. The molecule has 2 aliphatic heterocycles. The Hall–Kier alpha value is -3.46. The number of ether oxygens (including phenoxy) is 3. The summed E-state index contributed by atoms with van der Waals surface area (Å²) in [6.07, 6.45) is 1.75. The Morgan fingerprint density at radius 1 is 0.947 bits per heavy atom. The zero-order valence-corrected chi connectivity index (χ0v) is 21.8. The summed E-state index contributed by atoms with van der Waals surface area (Å²) in [5.41, 5.74) is 6.37. The van der Waals surface area contributed by atoms with E-state index >= 15 is 0 Å². The van der Waals surface area contributed by atoms with Crippen LogP contribution < -0.4 is 9.47 Å². The minimum atomic E-state index is -0.610. The van der Waals surface area contributed by atoms with Crippen LogP contribution in [0, 0.1) is 11.6 Å². The van der Waals surface area contributed by atoms with Crippen molar-refractivity contribution in [3.05, 3.63) is 94.2 Å². The van der Waals surface area contributed by atoms with Crippen LogP contribution in [-0.4, -0.2) is 42.4 Å². The van der Waals surface area contributed by atoms with Gasteiger partial charge in [-0.15, -0.1) is 0 Å². The lowest BCUT2D eigenvalue weighted by Gasteiger charge is -2.41. The van der Waals surface area contributed by atoms with E-state index in [0.29, 0.717) is 11.3 Å². The Labute approximate surface area is 221 Å². The second-order valence-corrected chi connectivity index (χ2v) is 9.65. The fourth-order valence-electron chi connectivity index (χ4n) is 5.65. The van der Waals surface area contributed by atoms with Gasteiger partial charge in [0.25, 0.3) is 0 Å². The van der Waals surface area contributed by atoms with Gasteiger partial charge in [0.05, 0.1) is 12.6 Å². The average Bonchev–Trinajstić information content (AvgIpc) is 3.22. The zero-order chi connectivity index (χ0) is 26.8. The molecule has 38 heavy (non-hydrogen) atoms. The molecule has 0 bridgehead atoms. The second-order valence-electron chi connectivity index (χ2n) is 9.65. The predicted octanol–water partition coefficient (Wildman–Crippen LogP) is 5.38. The van der Waals surface area contributed by atoms with Crippen molar-refractivity contribution in [2.24, 2.45) is 0 Å². The Kier molecular flexibility index (Phi) is 7.65. The molecule has 6 rings (SSSR count). The van der Waals surface area contributed by atoms with E-state index in [2.05, 4.69) is 27.8 Å². The number of methoxy groups -OCH3 is 2. The van der Waals surface area contributed by atoms with E-state index in [1.807, 2.05) is 22.8 Å². The van der Waals surface area contributed by atoms with Crippen LogP contribution in [0.5, 0.6) is 11.5 Å². The van der Waals surface area contributed by atoms with Crippen molar-refractivity contribution in [1.29, 1.82) is 0 Å². The average molecular weight is 523 g/mol. The molecular weight excluding hydrogens is 490 g/mol. The quantitative estimate of drug-likeness (QED) is 0.382. The standard InChI is InChI=1S/C28H26F2N2O3.C2H6O/c1-34-21-4-5-26-24(11-21)25-13-27-23-12-22(35-15-17-8-19(29)10-20(30)9-17)3-2-18(23)6-7-31(27)14-28(25)32(26)16-33;1-3-2/h2-5,8-12,27,33H,6-7,13-16H2,1H3;1-2H3. The number of halogens is 2. The summed E-state index contributed by atoms with van der Waals surface area (Å²) >= 11 is 0. The smallest absolute Gasteiger partial charge is 0.126 e. The lowest BCUT2D eigenvalue weighted by Crippen LogP contribution is -2.39. The number of hydrogen-bond acceptors (Lipinski definition) is 5. The molecular formula is C30H32F2N2O4. The molecule has 0 aliphatic carbocycles. The van der Waals surface area contributed by atoms with Crippen LogP contribution in [0.25, 0.3) is 10.9 Å². The number of nitrogens with zero attached hydrogens (tertiary/aromatic N) is 2. The maximum Gasteiger partial charge on any atom is 0.126 e. The van der Waals surface area contributed by atoms with Gasteiger partial charge in [-0.25, -0.2) is 8.78 Å². The van der Waals surface area contributed by atoms with E-state index < -0.39 is 11.6 Å². The monoisotopic (exact) mass is 522 g/mol. The highest BCUT2D eigenvalue weighted by molar-refractivity contribution is 5.87. The summed E-state index contributed by atoms with van der Waals surface area (Å²) in [6, 6.07) is 15.7. The van der Waals surface area contributed by atoms with E-state index in [1.54, 1.807) is 21.3 Å². The van der Waals surface area contributed by atoms with Crippen molar-refractivity contribution in [2.45, 2.75) is 38.8 Å². The van der Waals surface area contributed by atoms with Crippen molar-refractivity contribution >= 4 is 10.9 Å².